The zero-order chi connectivity index (χ0) is 22.1. The second kappa shape index (κ2) is 8.07. The first kappa shape index (κ1) is 20.4. The van der Waals surface area contributed by atoms with Crippen LogP contribution in [0.15, 0.2) is 84.3 Å². The van der Waals surface area contributed by atoms with E-state index in [9.17, 15) is 9.59 Å². The van der Waals surface area contributed by atoms with Crippen molar-refractivity contribution in [3.63, 3.8) is 0 Å². The Balaban J connectivity index is 2.01. The number of aromatic nitrogens is 1. The van der Waals surface area contributed by atoms with Crippen LogP contribution in [-0.4, -0.2) is 10.4 Å². The number of allylic oxidation sites excluding steroid dienone is 1. The molecule has 4 aromatic rings. The third-order valence-corrected chi connectivity index (χ3v) is 5.61. The minimum Gasteiger partial charge on any atom is -0.355 e. The van der Waals surface area contributed by atoms with Crippen LogP contribution in [0.5, 0.6) is 0 Å². The molecule has 0 aliphatic rings. The van der Waals surface area contributed by atoms with Gasteiger partial charge in [-0.05, 0) is 60.7 Å². The third-order valence-electron chi connectivity index (χ3n) is 5.61. The summed E-state index contributed by atoms with van der Waals surface area (Å²) in [5.74, 6) is -0.144. The van der Waals surface area contributed by atoms with E-state index in [-0.39, 0.29) is 11.3 Å². The minimum atomic E-state index is -0.144. The lowest BCUT2D eigenvalue weighted by molar-refractivity contribution is 0.104. The van der Waals surface area contributed by atoms with Gasteiger partial charge in [0, 0.05) is 46.7 Å². The molecule has 1 N–H and O–H groups in total. The Bertz CT molecular complexity index is 1380. The van der Waals surface area contributed by atoms with E-state index < -0.39 is 0 Å². The number of hydrogen-bond acceptors (Lipinski definition) is 3. The topological polar surface area (TPSA) is 51.1 Å². The highest BCUT2D eigenvalue weighted by Gasteiger charge is 2.16. The lowest BCUT2D eigenvalue weighted by atomic mass is 9.95. The molecular weight excluding hydrogens is 384 g/mol. The average molecular weight is 409 g/mol. The maximum absolute atomic E-state index is 12.7. The van der Waals surface area contributed by atoms with Gasteiger partial charge >= 0.3 is 0 Å². The SMILES string of the molecule is C=CC(=O)c1ccc(Nc2c(C)cccc2C)c(-c2cn(C)c(=O)c3ccccc23)c1. The molecule has 0 saturated heterocycles. The van der Waals surface area contributed by atoms with Crippen LogP contribution >= 0.6 is 0 Å². The van der Waals surface area contributed by atoms with Gasteiger partial charge in [0.25, 0.3) is 5.56 Å². The minimum absolute atomic E-state index is 0.0538. The van der Waals surface area contributed by atoms with E-state index in [1.54, 1.807) is 17.7 Å². The van der Waals surface area contributed by atoms with Crippen molar-refractivity contribution in [3.8, 4) is 11.1 Å². The number of carbonyl (C=O) groups is 1. The molecule has 0 aliphatic heterocycles. The van der Waals surface area contributed by atoms with Gasteiger partial charge in [0.15, 0.2) is 5.78 Å². The number of benzene rings is 3. The average Bonchev–Trinajstić information content (AvgIpc) is 2.78. The molecule has 31 heavy (non-hydrogen) atoms. The zero-order valence-electron chi connectivity index (χ0n) is 17.9. The van der Waals surface area contributed by atoms with E-state index >= 15 is 0 Å². The second-order valence-electron chi connectivity index (χ2n) is 7.72. The molecule has 4 rings (SSSR count). The van der Waals surface area contributed by atoms with Crippen LogP contribution in [-0.2, 0) is 7.05 Å². The van der Waals surface area contributed by atoms with Crippen molar-refractivity contribution in [2.75, 3.05) is 5.32 Å². The molecule has 4 heteroatoms. The summed E-state index contributed by atoms with van der Waals surface area (Å²) in [5, 5.41) is 5.05. The molecule has 1 heterocycles. The molecule has 0 bridgehead atoms. The number of carbonyl (C=O) groups excluding carboxylic acids is 1. The number of rotatable bonds is 5. The first-order valence-corrected chi connectivity index (χ1v) is 10.1. The molecule has 0 atom stereocenters. The normalized spacial score (nSPS) is 10.8. The van der Waals surface area contributed by atoms with E-state index in [0.717, 1.165) is 39.0 Å². The summed E-state index contributed by atoms with van der Waals surface area (Å²) in [6, 6.07) is 19.3. The summed E-state index contributed by atoms with van der Waals surface area (Å²) in [6.45, 7) is 7.74. The van der Waals surface area contributed by atoms with Crippen LogP contribution in [0.4, 0.5) is 11.4 Å². The van der Waals surface area contributed by atoms with E-state index in [1.807, 2.05) is 48.7 Å². The number of pyridine rings is 1. The maximum atomic E-state index is 12.7. The number of para-hydroxylation sites is 1. The fraction of sp³-hybridized carbons (Fsp3) is 0.111. The predicted octanol–water partition coefficient (Wildman–Crippen LogP) is 5.93. The maximum Gasteiger partial charge on any atom is 0.258 e. The van der Waals surface area contributed by atoms with E-state index in [1.165, 1.54) is 6.08 Å². The smallest absolute Gasteiger partial charge is 0.258 e. The summed E-state index contributed by atoms with van der Waals surface area (Å²) in [5.41, 5.74) is 6.37. The zero-order valence-corrected chi connectivity index (χ0v) is 17.9. The quantitative estimate of drug-likeness (QED) is 0.329. The Kier molecular flexibility index (Phi) is 5.30. The summed E-state index contributed by atoms with van der Waals surface area (Å²) in [6.07, 6.45) is 3.15. The van der Waals surface area contributed by atoms with Crippen molar-refractivity contribution in [1.29, 1.82) is 0 Å². The molecule has 0 radical (unpaired) electrons. The van der Waals surface area contributed by atoms with Crippen LogP contribution < -0.4 is 10.9 Å². The summed E-state index contributed by atoms with van der Waals surface area (Å²) < 4.78 is 1.59. The van der Waals surface area contributed by atoms with Gasteiger partial charge in [0.05, 0.1) is 0 Å². The molecule has 0 amide bonds. The standard InChI is InChI=1S/C27H24N2O2/c1-5-25(30)19-13-14-24(28-26-17(2)9-8-10-18(26)3)22(15-19)23-16-29(4)27(31)21-12-7-6-11-20(21)23/h5-16,28H,1H2,2-4H3. The number of ketones is 1. The Morgan fingerprint density at radius 3 is 2.29 bits per heavy atom. The number of hydrogen-bond donors (Lipinski definition) is 1. The first-order valence-electron chi connectivity index (χ1n) is 10.1. The molecule has 154 valence electrons. The Labute approximate surface area is 181 Å². The van der Waals surface area contributed by atoms with Crippen LogP contribution in [0.3, 0.4) is 0 Å². The van der Waals surface area contributed by atoms with Crippen molar-refractivity contribution in [2.24, 2.45) is 7.05 Å². The van der Waals surface area contributed by atoms with Gasteiger partial charge in [0.2, 0.25) is 0 Å². The summed E-state index contributed by atoms with van der Waals surface area (Å²) >= 11 is 0. The molecule has 0 fully saturated rings. The van der Waals surface area contributed by atoms with E-state index in [2.05, 4.69) is 37.9 Å². The second-order valence-corrected chi connectivity index (χ2v) is 7.72. The van der Waals surface area contributed by atoms with Gasteiger partial charge in [0.1, 0.15) is 0 Å². The summed E-state index contributed by atoms with van der Waals surface area (Å²) in [7, 11) is 1.75. The lowest BCUT2D eigenvalue weighted by Crippen LogP contribution is -2.16. The Morgan fingerprint density at radius 2 is 1.61 bits per heavy atom. The highest BCUT2D eigenvalue weighted by atomic mass is 16.1. The molecule has 0 saturated carbocycles. The van der Waals surface area contributed by atoms with Gasteiger partial charge in [-0.25, -0.2) is 0 Å². The van der Waals surface area contributed by atoms with E-state index in [0.29, 0.717) is 10.9 Å². The Hall–Kier alpha value is -3.92. The van der Waals surface area contributed by atoms with Crippen LogP contribution in [0.1, 0.15) is 21.5 Å². The molecule has 0 spiro atoms. The van der Waals surface area contributed by atoms with Gasteiger partial charge in [-0.15, -0.1) is 0 Å². The van der Waals surface area contributed by atoms with Crippen LogP contribution in [0, 0.1) is 13.8 Å². The van der Waals surface area contributed by atoms with Crippen molar-refractivity contribution in [1.82, 2.24) is 4.57 Å². The van der Waals surface area contributed by atoms with Gasteiger partial charge in [-0.2, -0.15) is 0 Å². The molecule has 0 aliphatic carbocycles. The third kappa shape index (κ3) is 3.68. The number of nitrogens with one attached hydrogen (secondary N) is 1. The van der Waals surface area contributed by atoms with Crippen LogP contribution in [0.2, 0.25) is 0 Å². The molecule has 3 aromatic carbocycles. The van der Waals surface area contributed by atoms with Crippen LogP contribution in [0.25, 0.3) is 21.9 Å². The van der Waals surface area contributed by atoms with Gasteiger partial charge in [-0.3, -0.25) is 9.59 Å². The molecule has 1 aromatic heterocycles. The van der Waals surface area contributed by atoms with Gasteiger partial charge < -0.3 is 9.88 Å². The molecule has 0 unspecified atom stereocenters. The lowest BCUT2D eigenvalue weighted by Gasteiger charge is -2.18. The molecule has 4 nitrogen and oxygen atoms in total. The fourth-order valence-corrected chi connectivity index (χ4v) is 3.92. The fourth-order valence-electron chi connectivity index (χ4n) is 3.92. The number of nitrogens with zero attached hydrogens (tertiary/aromatic N) is 1. The summed E-state index contributed by atoms with van der Waals surface area (Å²) in [4.78, 5) is 25.0. The Morgan fingerprint density at radius 1 is 0.935 bits per heavy atom. The number of fused-ring (bicyclic) bond motifs is 1. The van der Waals surface area contributed by atoms with Crippen molar-refractivity contribution < 1.29 is 4.79 Å². The molecular formula is C27H24N2O2. The number of anilines is 2. The van der Waals surface area contributed by atoms with Crippen molar-refractivity contribution >= 4 is 27.9 Å². The first-order chi connectivity index (χ1) is 14.9. The highest BCUT2D eigenvalue weighted by molar-refractivity contribution is 6.07. The largest absolute Gasteiger partial charge is 0.355 e. The predicted molar refractivity (Wildman–Crippen MR) is 128 cm³/mol. The van der Waals surface area contributed by atoms with Gasteiger partial charge in [-0.1, -0.05) is 43.0 Å². The van der Waals surface area contributed by atoms with Crippen molar-refractivity contribution in [2.45, 2.75) is 13.8 Å². The monoisotopic (exact) mass is 408 g/mol. The van der Waals surface area contributed by atoms with Crippen molar-refractivity contribution in [3.05, 3.63) is 107 Å². The highest BCUT2D eigenvalue weighted by Crippen LogP contribution is 2.36. The number of aryl methyl sites for hydroxylation is 3. The van der Waals surface area contributed by atoms with E-state index in [4.69, 9.17) is 0 Å².